The van der Waals surface area contributed by atoms with E-state index in [1.54, 1.807) is 18.2 Å². The first-order valence-corrected chi connectivity index (χ1v) is 9.62. The van der Waals surface area contributed by atoms with Gasteiger partial charge in [-0.3, -0.25) is 4.79 Å². The van der Waals surface area contributed by atoms with E-state index in [9.17, 15) is 14.4 Å². The lowest BCUT2D eigenvalue weighted by Crippen LogP contribution is -2.41. The van der Waals surface area contributed by atoms with Crippen molar-refractivity contribution in [3.05, 3.63) is 50.3 Å². The molecule has 9 nitrogen and oxygen atoms in total. The van der Waals surface area contributed by atoms with Gasteiger partial charge in [0.1, 0.15) is 10.9 Å². The largest absolute Gasteiger partial charge is 0.493 e. The zero-order chi connectivity index (χ0) is 21.6. The van der Waals surface area contributed by atoms with Gasteiger partial charge in [-0.05, 0) is 31.5 Å². The number of carbonyl (C=O) groups is 1. The van der Waals surface area contributed by atoms with Gasteiger partial charge in [0.15, 0.2) is 23.8 Å². The third-order valence-corrected chi connectivity index (χ3v) is 5.23. The standard InChI is InChI=1S/C21H21N3O6/c1-5-24-18-17(19(25)23(3)21(24)27)15(16-12(22-18)10-30-20(16)26)11-7-8-13(29-6-2)14(9-11)28-4/h7-9H,5-6,10H2,1-4H3/p+1. The maximum absolute atomic E-state index is 13.2. The zero-order valence-corrected chi connectivity index (χ0v) is 17.2. The minimum atomic E-state index is -0.526. The minimum absolute atomic E-state index is 0.0401. The number of ether oxygens (including phenoxy) is 3. The number of H-pyrrole nitrogens is 1. The molecule has 1 aromatic carbocycles. The Hall–Kier alpha value is -3.62. The summed E-state index contributed by atoms with van der Waals surface area (Å²) in [7, 11) is 2.94. The first-order valence-electron chi connectivity index (χ1n) is 9.62. The van der Waals surface area contributed by atoms with Crippen LogP contribution in [-0.4, -0.2) is 28.8 Å². The van der Waals surface area contributed by atoms with E-state index in [2.05, 4.69) is 4.98 Å². The molecule has 0 spiro atoms. The number of aromatic nitrogens is 3. The molecule has 30 heavy (non-hydrogen) atoms. The van der Waals surface area contributed by atoms with Crippen LogP contribution in [0, 0.1) is 0 Å². The third kappa shape index (κ3) is 2.77. The Morgan fingerprint density at radius 1 is 1.13 bits per heavy atom. The van der Waals surface area contributed by atoms with Crippen molar-refractivity contribution >= 4 is 17.0 Å². The number of carbonyl (C=O) groups excluding carboxylic acids is 1. The van der Waals surface area contributed by atoms with Crippen molar-refractivity contribution in [3.8, 4) is 22.6 Å². The number of nitrogens with zero attached hydrogens (tertiary/aromatic N) is 2. The molecule has 1 N–H and O–H groups in total. The van der Waals surface area contributed by atoms with Gasteiger partial charge in [-0.1, -0.05) is 6.07 Å². The quantitative estimate of drug-likeness (QED) is 0.585. The van der Waals surface area contributed by atoms with Gasteiger partial charge >= 0.3 is 11.7 Å². The van der Waals surface area contributed by atoms with Crippen molar-refractivity contribution in [1.82, 2.24) is 9.13 Å². The van der Waals surface area contributed by atoms with E-state index in [1.165, 1.54) is 18.7 Å². The zero-order valence-electron chi connectivity index (χ0n) is 17.2. The number of nitrogens with one attached hydrogen (secondary N) is 1. The fourth-order valence-corrected chi connectivity index (χ4v) is 3.83. The van der Waals surface area contributed by atoms with Gasteiger partial charge in [0.25, 0.3) is 11.2 Å². The summed E-state index contributed by atoms with van der Waals surface area (Å²) in [5.41, 5.74) is 1.21. The van der Waals surface area contributed by atoms with Crippen molar-refractivity contribution in [3.63, 3.8) is 0 Å². The van der Waals surface area contributed by atoms with E-state index in [0.29, 0.717) is 47.1 Å². The Morgan fingerprint density at radius 3 is 2.57 bits per heavy atom. The Bertz CT molecular complexity index is 1310. The van der Waals surface area contributed by atoms with E-state index in [4.69, 9.17) is 14.2 Å². The molecule has 0 unspecified atom stereocenters. The highest BCUT2D eigenvalue weighted by molar-refractivity contribution is 6.07. The van der Waals surface area contributed by atoms with Crippen LogP contribution in [0.5, 0.6) is 11.5 Å². The second-order valence-corrected chi connectivity index (χ2v) is 6.84. The number of aromatic amines is 1. The van der Waals surface area contributed by atoms with Crippen LogP contribution in [0.4, 0.5) is 0 Å². The summed E-state index contributed by atoms with van der Waals surface area (Å²) in [6.07, 6.45) is 0. The number of cyclic esters (lactones) is 1. The number of fused-ring (bicyclic) bond motifs is 2. The number of benzene rings is 1. The molecular weight excluding hydrogens is 390 g/mol. The number of methoxy groups -OCH3 is 1. The topological polar surface area (TPSA) is 103 Å². The predicted octanol–water partition coefficient (Wildman–Crippen LogP) is 1.28. The van der Waals surface area contributed by atoms with Crippen LogP contribution in [0.1, 0.15) is 29.9 Å². The van der Waals surface area contributed by atoms with Crippen molar-refractivity contribution in [1.29, 1.82) is 0 Å². The van der Waals surface area contributed by atoms with Crippen molar-refractivity contribution in [2.75, 3.05) is 13.7 Å². The average molecular weight is 412 g/mol. The molecule has 0 fully saturated rings. The molecule has 0 saturated carbocycles. The van der Waals surface area contributed by atoms with Gasteiger partial charge in [-0.25, -0.2) is 19.1 Å². The fraction of sp³-hybridized carbons (Fsp3) is 0.333. The van der Waals surface area contributed by atoms with Crippen LogP contribution in [0.2, 0.25) is 0 Å². The van der Waals surface area contributed by atoms with Crippen LogP contribution >= 0.6 is 0 Å². The summed E-state index contributed by atoms with van der Waals surface area (Å²) in [5.74, 6) is 0.492. The molecule has 1 aliphatic rings. The monoisotopic (exact) mass is 412 g/mol. The summed E-state index contributed by atoms with van der Waals surface area (Å²) in [6, 6.07) is 5.20. The lowest BCUT2D eigenvalue weighted by atomic mass is 9.96. The molecular formula is C21H22N3O6+. The summed E-state index contributed by atoms with van der Waals surface area (Å²) in [5, 5.41) is 0.239. The van der Waals surface area contributed by atoms with Crippen molar-refractivity contribution in [2.24, 2.45) is 7.05 Å². The van der Waals surface area contributed by atoms with E-state index in [1.807, 2.05) is 13.8 Å². The normalized spacial score (nSPS) is 12.7. The van der Waals surface area contributed by atoms with Gasteiger partial charge in [-0.2, -0.15) is 4.57 Å². The van der Waals surface area contributed by atoms with Crippen molar-refractivity contribution < 1.29 is 24.0 Å². The van der Waals surface area contributed by atoms with E-state index in [0.717, 1.165) is 4.57 Å². The van der Waals surface area contributed by atoms with E-state index in [-0.39, 0.29) is 17.6 Å². The molecule has 0 amide bonds. The van der Waals surface area contributed by atoms with Gasteiger partial charge < -0.3 is 14.2 Å². The molecule has 9 heteroatoms. The van der Waals surface area contributed by atoms with E-state index >= 15 is 0 Å². The molecule has 4 rings (SSSR count). The molecule has 3 heterocycles. The second kappa shape index (κ2) is 7.33. The molecule has 0 radical (unpaired) electrons. The SMILES string of the molecule is CCOc1ccc(-c2c3c([nH+]c4c2c(=O)n(C)c(=O)n4CC)COC3=O)cc1OC. The number of esters is 1. The molecule has 3 aromatic rings. The van der Waals surface area contributed by atoms with Crippen LogP contribution in [0.3, 0.4) is 0 Å². The maximum atomic E-state index is 13.2. The van der Waals surface area contributed by atoms with Crippen LogP contribution in [0.25, 0.3) is 22.2 Å². The van der Waals surface area contributed by atoms with Gasteiger partial charge in [0.2, 0.25) is 0 Å². The van der Waals surface area contributed by atoms with Gasteiger partial charge in [0, 0.05) is 12.6 Å². The summed E-state index contributed by atoms with van der Waals surface area (Å²) >= 11 is 0. The Balaban J connectivity index is 2.18. The first kappa shape index (κ1) is 19.7. The number of rotatable bonds is 5. The third-order valence-electron chi connectivity index (χ3n) is 5.23. The minimum Gasteiger partial charge on any atom is -0.493 e. The Morgan fingerprint density at radius 2 is 1.90 bits per heavy atom. The summed E-state index contributed by atoms with van der Waals surface area (Å²) in [6.45, 7) is 4.53. The fourth-order valence-electron chi connectivity index (χ4n) is 3.83. The molecule has 156 valence electrons. The predicted molar refractivity (Wildman–Crippen MR) is 108 cm³/mol. The molecule has 0 saturated heterocycles. The molecule has 0 bridgehead atoms. The first-order chi connectivity index (χ1) is 14.4. The van der Waals surface area contributed by atoms with E-state index < -0.39 is 17.2 Å². The Labute approximate surface area is 171 Å². The highest BCUT2D eigenvalue weighted by Crippen LogP contribution is 2.38. The number of pyridine rings is 1. The second-order valence-electron chi connectivity index (χ2n) is 6.84. The molecule has 2 aromatic heterocycles. The lowest BCUT2D eigenvalue weighted by molar-refractivity contribution is -0.365. The average Bonchev–Trinajstić information content (AvgIpc) is 3.12. The number of hydrogen-bond donors (Lipinski definition) is 0. The highest BCUT2D eigenvalue weighted by atomic mass is 16.5. The lowest BCUT2D eigenvalue weighted by Gasteiger charge is -2.14. The molecule has 0 aliphatic carbocycles. The van der Waals surface area contributed by atoms with Crippen molar-refractivity contribution in [2.45, 2.75) is 27.0 Å². The maximum Gasteiger partial charge on any atom is 0.418 e. The van der Waals surface area contributed by atoms with Crippen LogP contribution < -0.4 is 25.7 Å². The Kier molecular flexibility index (Phi) is 4.81. The summed E-state index contributed by atoms with van der Waals surface area (Å²) in [4.78, 5) is 41.5. The highest BCUT2D eigenvalue weighted by Gasteiger charge is 2.35. The van der Waals surface area contributed by atoms with Crippen LogP contribution in [0.15, 0.2) is 27.8 Å². The smallest absolute Gasteiger partial charge is 0.418 e. The molecule has 0 atom stereocenters. The number of aryl methyl sites for hydroxylation is 1. The van der Waals surface area contributed by atoms with Gasteiger partial charge in [0.05, 0.1) is 20.3 Å². The van der Waals surface area contributed by atoms with Crippen LogP contribution in [-0.2, 0) is 24.9 Å². The van der Waals surface area contributed by atoms with Gasteiger partial charge in [-0.15, -0.1) is 0 Å². The number of hydrogen-bond acceptors (Lipinski definition) is 6. The molecule has 1 aliphatic heterocycles. The summed E-state index contributed by atoms with van der Waals surface area (Å²) < 4.78 is 18.8.